The molecule has 2 aromatic rings. The summed E-state index contributed by atoms with van der Waals surface area (Å²) in [5.41, 5.74) is 0.421. The van der Waals surface area contributed by atoms with Crippen LogP contribution in [0.25, 0.3) is 0 Å². The minimum atomic E-state index is 0.164. The largest absolute Gasteiger partial charge is 0.493 e. The molecule has 1 aromatic heterocycles. The Bertz CT molecular complexity index is 576. The summed E-state index contributed by atoms with van der Waals surface area (Å²) >= 11 is 6.05. The van der Waals surface area contributed by atoms with Gasteiger partial charge < -0.3 is 9.47 Å². The summed E-state index contributed by atoms with van der Waals surface area (Å²) in [6.45, 7) is 0.164. The van der Waals surface area contributed by atoms with Crippen molar-refractivity contribution in [3.63, 3.8) is 0 Å². The van der Waals surface area contributed by atoms with Crippen molar-refractivity contribution in [2.45, 2.75) is 6.61 Å². The molecule has 1 aromatic carbocycles. The van der Waals surface area contributed by atoms with Crippen molar-refractivity contribution in [3.05, 3.63) is 47.0 Å². The molecule has 0 fully saturated rings. The molecule has 0 aliphatic carbocycles. The number of hydrogen-bond donors (Lipinski definition) is 0. The Labute approximate surface area is 115 Å². The van der Waals surface area contributed by atoms with Gasteiger partial charge in [0.1, 0.15) is 12.9 Å². The third kappa shape index (κ3) is 3.20. The maximum absolute atomic E-state index is 10.7. The molecule has 0 atom stereocenters. The van der Waals surface area contributed by atoms with E-state index in [1.54, 1.807) is 24.5 Å². The third-order valence-electron chi connectivity index (χ3n) is 2.35. The average molecular weight is 279 g/mol. The Morgan fingerprint density at radius 1 is 1.32 bits per heavy atom. The molecule has 6 heteroatoms. The number of rotatable bonds is 5. The van der Waals surface area contributed by atoms with E-state index in [1.807, 2.05) is 0 Å². The third-order valence-corrected chi connectivity index (χ3v) is 2.63. The van der Waals surface area contributed by atoms with Gasteiger partial charge in [0.2, 0.25) is 0 Å². The zero-order valence-electron chi connectivity index (χ0n) is 10.2. The van der Waals surface area contributed by atoms with E-state index in [-0.39, 0.29) is 6.61 Å². The number of methoxy groups -OCH3 is 1. The molecule has 0 saturated carbocycles. The lowest BCUT2D eigenvalue weighted by Crippen LogP contribution is -2.02. The lowest BCUT2D eigenvalue weighted by Gasteiger charge is -2.12. The highest BCUT2D eigenvalue weighted by Crippen LogP contribution is 2.36. The maximum Gasteiger partial charge on any atom is 0.180 e. The van der Waals surface area contributed by atoms with Crippen LogP contribution in [0, 0.1) is 0 Å². The highest BCUT2D eigenvalue weighted by molar-refractivity contribution is 6.32. The highest BCUT2D eigenvalue weighted by Gasteiger charge is 2.12. The first-order valence-corrected chi connectivity index (χ1v) is 5.84. The van der Waals surface area contributed by atoms with Gasteiger partial charge in [-0.15, -0.1) is 0 Å². The minimum Gasteiger partial charge on any atom is -0.493 e. The molecule has 0 radical (unpaired) electrons. The first kappa shape index (κ1) is 13.3. The maximum atomic E-state index is 10.7. The van der Waals surface area contributed by atoms with E-state index in [2.05, 4.69) is 9.97 Å². The lowest BCUT2D eigenvalue weighted by molar-refractivity contribution is 0.112. The predicted molar refractivity (Wildman–Crippen MR) is 69.8 cm³/mol. The molecule has 0 saturated heterocycles. The molecule has 0 unspecified atom stereocenters. The van der Waals surface area contributed by atoms with Crippen molar-refractivity contribution in [1.82, 2.24) is 9.97 Å². The van der Waals surface area contributed by atoms with Gasteiger partial charge in [-0.3, -0.25) is 4.79 Å². The topological polar surface area (TPSA) is 61.3 Å². The second-order valence-corrected chi connectivity index (χ2v) is 4.01. The Morgan fingerprint density at radius 3 is 2.68 bits per heavy atom. The highest BCUT2D eigenvalue weighted by atomic mass is 35.5. The summed E-state index contributed by atoms with van der Waals surface area (Å²) in [6, 6.07) is 4.79. The standard InChI is InChI=1S/C13H11ClN2O3/c1-18-11-6-9(7-17)5-10(14)13(11)19-8-12-15-3-2-4-16-12/h2-7H,8H2,1H3. The van der Waals surface area contributed by atoms with Crippen molar-refractivity contribution in [2.75, 3.05) is 7.11 Å². The summed E-state index contributed by atoms with van der Waals surface area (Å²) in [6.07, 6.45) is 3.94. The Kier molecular flexibility index (Phi) is 4.30. The summed E-state index contributed by atoms with van der Waals surface area (Å²) in [7, 11) is 1.48. The van der Waals surface area contributed by atoms with Crippen LogP contribution < -0.4 is 9.47 Å². The van der Waals surface area contributed by atoms with Gasteiger partial charge in [0.15, 0.2) is 17.3 Å². The number of halogens is 1. The fraction of sp³-hybridized carbons (Fsp3) is 0.154. The van der Waals surface area contributed by atoms with Crippen LogP contribution in [-0.4, -0.2) is 23.4 Å². The number of benzene rings is 1. The van der Waals surface area contributed by atoms with Crippen molar-refractivity contribution in [3.8, 4) is 11.5 Å². The minimum absolute atomic E-state index is 0.164. The molecular formula is C13H11ClN2O3. The van der Waals surface area contributed by atoms with Crippen molar-refractivity contribution in [2.24, 2.45) is 0 Å². The van der Waals surface area contributed by atoms with Gasteiger partial charge in [-0.05, 0) is 18.2 Å². The molecule has 98 valence electrons. The second kappa shape index (κ2) is 6.15. The molecule has 2 rings (SSSR count). The number of carbonyl (C=O) groups excluding carboxylic acids is 1. The Hall–Kier alpha value is -2.14. The second-order valence-electron chi connectivity index (χ2n) is 3.61. The van der Waals surface area contributed by atoms with Crippen molar-refractivity contribution in [1.29, 1.82) is 0 Å². The fourth-order valence-corrected chi connectivity index (χ4v) is 1.76. The van der Waals surface area contributed by atoms with Crippen LogP contribution in [0.15, 0.2) is 30.6 Å². The lowest BCUT2D eigenvalue weighted by atomic mass is 10.2. The van der Waals surface area contributed by atoms with Gasteiger partial charge in [-0.25, -0.2) is 9.97 Å². The normalized spacial score (nSPS) is 10.0. The van der Waals surface area contributed by atoms with E-state index >= 15 is 0 Å². The molecule has 1 heterocycles. The van der Waals surface area contributed by atoms with E-state index in [0.717, 1.165) is 0 Å². The Balaban J connectivity index is 2.22. The average Bonchev–Trinajstić information content (AvgIpc) is 2.46. The van der Waals surface area contributed by atoms with E-state index in [9.17, 15) is 4.79 Å². The van der Waals surface area contributed by atoms with Gasteiger partial charge in [0, 0.05) is 18.0 Å². The van der Waals surface area contributed by atoms with Gasteiger partial charge in [-0.2, -0.15) is 0 Å². The number of hydrogen-bond acceptors (Lipinski definition) is 5. The van der Waals surface area contributed by atoms with Gasteiger partial charge in [0.25, 0.3) is 0 Å². The van der Waals surface area contributed by atoms with E-state index in [4.69, 9.17) is 21.1 Å². The number of carbonyl (C=O) groups is 1. The zero-order chi connectivity index (χ0) is 13.7. The molecule has 0 amide bonds. The van der Waals surface area contributed by atoms with Crippen molar-refractivity contribution < 1.29 is 14.3 Å². The fourth-order valence-electron chi connectivity index (χ4n) is 1.49. The van der Waals surface area contributed by atoms with Gasteiger partial charge in [-0.1, -0.05) is 11.6 Å². The van der Waals surface area contributed by atoms with Gasteiger partial charge >= 0.3 is 0 Å². The molecule has 0 aliphatic rings. The van der Waals surface area contributed by atoms with Crippen LogP contribution in [0.1, 0.15) is 16.2 Å². The first-order chi connectivity index (χ1) is 9.24. The van der Waals surface area contributed by atoms with E-state index < -0.39 is 0 Å². The number of aromatic nitrogens is 2. The van der Waals surface area contributed by atoms with Crippen LogP contribution >= 0.6 is 11.6 Å². The van der Waals surface area contributed by atoms with Crippen LogP contribution in [0.2, 0.25) is 5.02 Å². The van der Waals surface area contributed by atoms with Crippen LogP contribution in [-0.2, 0) is 6.61 Å². The number of aldehydes is 1. The summed E-state index contributed by atoms with van der Waals surface area (Å²) in [5, 5.41) is 0.303. The number of nitrogens with zero attached hydrogens (tertiary/aromatic N) is 2. The van der Waals surface area contributed by atoms with Crippen LogP contribution in [0.3, 0.4) is 0 Å². The summed E-state index contributed by atoms with van der Waals surface area (Å²) in [4.78, 5) is 18.8. The Morgan fingerprint density at radius 2 is 2.05 bits per heavy atom. The molecule has 5 nitrogen and oxygen atoms in total. The molecule has 0 spiro atoms. The van der Waals surface area contributed by atoms with E-state index in [0.29, 0.717) is 34.2 Å². The van der Waals surface area contributed by atoms with E-state index in [1.165, 1.54) is 13.2 Å². The first-order valence-electron chi connectivity index (χ1n) is 5.46. The van der Waals surface area contributed by atoms with Crippen LogP contribution in [0.5, 0.6) is 11.5 Å². The SMILES string of the molecule is COc1cc(C=O)cc(Cl)c1OCc1ncccn1. The smallest absolute Gasteiger partial charge is 0.180 e. The predicted octanol–water partition coefficient (Wildman–Crippen LogP) is 2.53. The molecular weight excluding hydrogens is 268 g/mol. The van der Waals surface area contributed by atoms with Crippen LogP contribution in [0.4, 0.5) is 0 Å². The summed E-state index contributed by atoms with van der Waals surface area (Å²) < 4.78 is 10.7. The summed E-state index contributed by atoms with van der Waals surface area (Å²) in [5.74, 6) is 1.29. The van der Waals surface area contributed by atoms with Crippen molar-refractivity contribution >= 4 is 17.9 Å². The quantitative estimate of drug-likeness (QED) is 0.787. The zero-order valence-corrected chi connectivity index (χ0v) is 10.9. The molecule has 0 aliphatic heterocycles. The number of ether oxygens (including phenoxy) is 2. The molecule has 19 heavy (non-hydrogen) atoms. The van der Waals surface area contributed by atoms with Gasteiger partial charge in [0.05, 0.1) is 12.1 Å². The molecule has 0 N–H and O–H groups in total. The molecule has 0 bridgehead atoms. The monoisotopic (exact) mass is 278 g/mol.